The largest absolute Gasteiger partial charge is 0.363 e. The monoisotopic (exact) mass is 362 g/mol. The second-order valence-electron chi connectivity index (χ2n) is 6.65. The van der Waals surface area contributed by atoms with E-state index in [2.05, 4.69) is 20.5 Å². The number of nitrogens with one attached hydrogen (secondary N) is 1. The van der Waals surface area contributed by atoms with E-state index in [4.69, 9.17) is 0 Å². The smallest absolute Gasteiger partial charge is 0.244 e. The molecule has 8 nitrogen and oxygen atoms in total. The molecule has 0 atom stereocenters. The van der Waals surface area contributed by atoms with Crippen LogP contribution < -0.4 is 5.32 Å². The number of hydrogen-bond donors (Lipinski definition) is 1. The van der Waals surface area contributed by atoms with Gasteiger partial charge in [0, 0.05) is 32.3 Å². The summed E-state index contributed by atoms with van der Waals surface area (Å²) < 4.78 is 28.5. The van der Waals surface area contributed by atoms with Crippen LogP contribution in [0, 0.1) is 0 Å². The van der Waals surface area contributed by atoms with Gasteiger partial charge in [-0.15, -0.1) is 10.2 Å². The first-order valence-electron chi connectivity index (χ1n) is 8.64. The van der Waals surface area contributed by atoms with Crippen molar-refractivity contribution < 1.29 is 8.42 Å². The molecule has 2 fully saturated rings. The lowest BCUT2D eigenvalue weighted by atomic mass is 10.4. The quantitative estimate of drug-likeness (QED) is 0.837. The summed E-state index contributed by atoms with van der Waals surface area (Å²) in [5, 5.41) is 11.6. The van der Waals surface area contributed by atoms with Crippen molar-refractivity contribution in [1.82, 2.24) is 24.1 Å². The molecule has 1 aliphatic heterocycles. The Hall–Kier alpha value is -2.00. The van der Waals surface area contributed by atoms with Gasteiger partial charge in [0.2, 0.25) is 10.0 Å². The summed E-state index contributed by atoms with van der Waals surface area (Å²) in [5.41, 5.74) is 0. The molecule has 9 heteroatoms. The average molecular weight is 362 g/mol. The van der Waals surface area contributed by atoms with Gasteiger partial charge in [-0.05, 0) is 37.8 Å². The summed E-state index contributed by atoms with van der Waals surface area (Å²) in [5.74, 6) is 3.06. The van der Waals surface area contributed by atoms with Gasteiger partial charge in [0.1, 0.15) is 16.5 Å². The van der Waals surface area contributed by atoms with Gasteiger partial charge in [0.15, 0.2) is 5.82 Å². The van der Waals surface area contributed by atoms with E-state index in [1.54, 1.807) is 12.1 Å². The Labute approximate surface area is 147 Å². The minimum atomic E-state index is -3.41. The van der Waals surface area contributed by atoms with E-state index in [9.17, 15) is 8.42 Å². The summed E-state index contributed by atoms with van der Waals surface area (Å²) in [7, 11) is -1.44. The third-order valence-electron chi connectivity index (χ3n) is 4.81. The first kappa shape index (κ1) is 16.5. The third-order valence-corrected chi connectivity index (χ3v) is 6.69. The zero-order chi connectivity index (χ0) is 17.4. The number of pyridine rings is 1. The van der Waals surface area contributed by atoms with Gasteiger partial charge >= 0.3 is 0 Å². The van der Waals surface area contributed by atoms with Gasteiger partial charge in [0.25, 0.3) is 0 Å². The highest BCUT2D eigenvalue weighted by Gasteiger charge is 2.29. The minimum Gasteiger partial charge on any atom is -0.363 e. The van der Waals surface area contributed by atoms with Gasteiger partial charge in [-0.25, -0.2) is 13.4 Å². The van der Waals surface area contributed by atoms with Crippen molar-refractivity contribution in [2.75, 3.05) is 18.4 Å². The number of aromatic nitrogens is 4. The van der Waals surface area contributed by atoms with Crippen molar-refractivity contribution >= 4 is 15.8 Å². The zero-order valence-corrected chi connectivity index (χ0v) is 15.0. The van der Waals surface area contributed by atoms with Gasteiger partial charge in [-0.3, -0.25) is 0 Å². The maximum absolute atomic E-state index is 12.5. The number of anilines is 1. The van der Waals surface area contributed by atoms with E-state index in [0.29, 0.717) is 31.4 Å². The molecule has 0 bridgehead atoms. The molecule has 0 aromatic carbocycles. The molecule has 4 rings (SSSR count). The van der Waals surface area contributed by atoms with E-state index < -0.39 is 10.0 Å². The first-order chi connectivity index (χ1) is 12.1. The number of sulfonamides is 1. The van der Waals surface area contributed by atoms with Crippen molar-refractivity contribution in [2.45, 2.75) is 43.0 Å². The molecule has 0 radical (unpaired) electrons. The Kier molecular flexibility index (Phi) is 4.20. The molecule has 1 aliphatic carbocycles. The molecule has 2 aliphatic rings. The van der Waals surface area contributed by atoms with Crippen molar-refractivity contribution in [1.29, 1.82) is 0 Å². The van der Waals surface area contributed by atoms with Crippen LogP contribution in [-0.2, 0) is 23.6 Å². The fourth-order valence-electron chi connectivity index (χ4n) is 3.11. The van der Waals surface area contributed by atoms with Crippen LogP contribution in [0.15, 0.2) is 23.2 Å². The molecule has 0 unspecified atom stereocenters. The van der Waals surface area contributed by atoms with Crippen molar-refractivity contribution in [3.05, 3.63) is 30.0 Å². The van der Waals surface area contributed by atoms with Gasteiger partial charge in [-0.2, -0.15) is 4.31 Å². The maximum atomic E-state index is 12.5. The summed E-state index contributed by atoms with van der Waals surface area (Å²) in [4.78, 5) is 4.49. The highest BCUT2D eigenvalue weighted by Crippen LogP contribution is 2.38. The predicted molar refractivity (Wildman–Crippen MR) is 92.5 cm³/mol. The number of nitrogens with zero attached hydrogens (tertiary/aromatic N) is 5. The van der Waals surface area contributed by atoms with Gasteiger partial charge in [0.05, 0.1) is 6.54 Å². The normalized spacial score (nSPS) is 18.6. The standard InChI is InChI=1S/C16H22N6O2S/c1-21-15(19-20-16(21)12-4-5-12)11-18-14-7-6-13(10-17-14)25(23,24)22-8-2-3-9-22/h6-7,10,12H,2-5,8-9,11H2,1H3,(H,17,18). The van der Waals surface area contributed by atoms with Crippen LogP contribution in [0.4, 0.5) is 5.82 Å². The van der Waals surface area contributed by atoms with Crippen molar-refractivity contribution in [3.63, 3.8) is 0 Å². The average Bonchev–Trinajstić information content (AvgIpc) is 3.16. The fourth-order valence-corrected chi connectivity index (χ4v) is 4.57. The molecular weight excluding hydrogens is 340 g/mol. The van der Waals surface area contributed by atoms with Crippen molar-refractivity contribution in [3.8, 4) is 0 Å². The van der Waals surface area contributed by atoms with E-state index in [1.807, 2.05) is 11.6 Å². The molecular formula is C16H22N6O2S. The van der Waals surface area contributed by atoms with Crippen LogP contribution in [-0.4, -0.2) is 45.6 Å². The van der Waals surface area contributed by atoms with Crippen LogP contribution in [0.5, 0.6) is 0 Å². The Morgan fingerprint density at radius 2 is 1.96 bits per heavy atom. The molecule has 25 heavy (non-hydrogen) atoms. The SMILES string of the molecule is Cn1c(CNc2ccc(S(=O)(=O)N3CCCC3)cn2)nnc1C1CC1. The second-order valence-corrected chi connectivity index (χ2v) is 8.59. The fraction of sp³-hybridized carbons (Fsp3) is 0.562. The van der Waals surface area contributed by atoms with Crippen LogP contribution >= 0.6 is 0 Å². The topological polar surface area (TPSA) is 93.0 Å². The molecule has 1 N–H and O–H groups in total. The van der Waals surface area contributed by atoms with E-state index in [0.717, 1.165) is 24.5 Å². The third kappa shape index (κ3) is 3.25. The molecule has 0 spiro atoms. The van der Waals surface area contributed by atoms with E-state index in [-0.39, 0.29) is 4.90 Å². The highest BCUT2D eigenvalue weighted by atomic mass is 32.2. The molecule has 2 aromatic heterocycles. The second kappa shape index (κ2) is 6.38. The molecule has 1 saturated carbocycles. The molecule has 134 valence electrons. The maximum Gasteiger partial charge on any atom is 0.244 e. The van der Waals surface area contributed by atoms with Crippen molar-refractivity contribution in [2.24, 2.45) is 7.05 Å². The molecule has 2 aromatic rings. The summed E-state index contributed by atoms with van der Waals surface area (Å²) in [6, 6.07) is 3.30. The predicted octanol–water partition coefficient (Wildman–Crippen LogP) is 1.48. The van der Waals surface area contributed by atoms with E-state index in [1.165, 1.54) is 23.3 Å². The molecule has 3 heterocycles. The zero-order valence-electron chi connectivity index (χ0n) is 14.2. The van der Waals surface area contributed by atoms with Gasteiger partial charge in [-0.1, -0.05) is 0 Å². The summed E-state index contributed by atoms with van der Waals surface area (Å²) in [6.45, 7) is 1.69. The summed E-state index contributed by atoms with van der Waals surface area (Å²) in [6.07, 6.45) is 5.64. The lowest BCUT2D eigenvalue weighted by Crippen LogP contribution is -2.27. The Morgan fingerprint density at radius 1 is 1.20 bits per heavy atom. The lowest BCUT2D eigenvalue weighted by Gasteiger charge is -2.15. The van der Waals surface area contributed by atoms with Gasteiger partial charge < -0.3 is 9.88 Å². The minimum absolute atomic E-state index is 0.245. The Morgan fingerprint density at radius 3 is 2.60 bits per heavy atom. The Balaban J connectivity index is 1.42. The molecule has 0 amide bonds. The lowest BCUT2D eigenvalue weighted by molar-refractivity contribution is 0.477. The Bertz CT molecular complexity index is 851. The highest BCUT2D eigenvalue weighted by molar-refractivity contribution is 7.89. The number of rotatable bonds is 6. The van der Waals surface area contributed by atoms with Crippen LogP contribution in [0.2, 0.25) is 0 Å². The first-order valence-corrected chi connectivity index (χ1v) is 10.1. The molecule has 1 saturated heterocycles. The summed E-state index contributed by atoms with van der Waals surface area (Å²) >= 11 is 0. The number of hydrogen-bond acceptors (Lipinski definition) is 6. The van der Waals surface area contributed by atoms with E-state index >= 15 is 0 Å². The van der Waals surface area contributed by atoms with Crippen LogP contribution in [0.3, 0.4) is 0 Å². The van der Waals surface area contributed by atoms with Crippen LogP contribution in [0.25, 0.3) is 0 Å². The van der Waals surface area contributed by atoms with Crippen LogP contribution in [0.1, 0.15) is 43.3 Å².